The van der Waals surface area contributed by atoms with E-state index in [-0.39, 0.29) is 11.8 Å². The lowest BCUT2D eigenvalue weighted by Gasteiger charge is -2.21. The summed E-state index contributed by atoms with van der Waals surface area (Å²) in [5, 5.41) is 6.59. The Balaban J connectivity index is 1.20. The summed E-state index contributed by atoms with van der Waals surface area (Å²) in [6.45, 7) is 1.91. The van der Waals surface area contributed by atoms with Gasteiger partial charge in [0.15, 0.2) is 0 Å². The molecule has 2 aliphatic carbocycles. The highest BCUT2D eigenvalue weighted by atomic mass is 35.5. The van der Waals surface area contributed by atoms with Gasteiger partial charge in [0.1, 0.15) is 12.4 Å². The maximum atomic E-state index is 12.4. The third kappa shape index (κ3) is 6.97. The largest absolute Gasteiger partial charge is 0.492 e. The van der Waals surface area contributed by atoms with E-state index < -0.39 is 0 Å². The topological polar surface area (TPSA) is 70.7 Å². The predicted molar refractivity (Wildman–Crippen MR) is 120 cm³/mol. The fraction of sp³-hybridized carbons (Fsp3) is 0.417. The molecule has 2 aromatic rings. The van der Waals surface area contributed by atoms with Gasteiger partial charge in [-0.2, -0.15) is 0 Å². The monoisotopic (exact) mass is 441 g/mol. The SMILES string of the molecule is O=C(CN(Cc1ccc(C(=O)NC2CC2)cc1)C1CC1)NCCOc1ccc(Cl)cc1. The van der Waals surface area contributed by atoms with Gasteiger partial charge in [0.05, 0.1) is 13.1 Å². The molecule has 0 saturated heterocycles. The summed E-state index contributed by atoms with van der Waals surface area (Å²) < 4.78 is 5.61. The van der Waals surface area contributed by atoms with Crippen LogP contribution in [-0.4, -0.2) is 48.5 Å². The number of rotatable bonds is 11. The molecule has 2 aromatic carbocycles. The quantitative estimate of drug-likeness (QED) is 0.524. The van der Waals surface area contributed by atoms with Crippen molar-refractivity contribution in [2.45, 2.75) is 44.3 Å². The minimum Gasteiger partial charge on any atom is -0.492 e. The molecule has 164 valence electrons. The Morgan fingerprint density at radius 1 is 1.00 bits per heavy atom. The van der Waals surface area contributed by atoms with Gasteiger partial charge in [0.2, 0.25) is 5.91 Å². The van der Waals surface area contributed by atoms with Crippen LogP contribution in [-0.2, 0) is 11.3 Å². The molecule has 0 unspecified atom stereocenters. The molecule has 0 spiro atoms. The van der Waals surface area contributed by atoms with Crippen LogP contribution in [0.3, 0.4) is 0 Å². The Labute approximate surface area is 187 Å². The standard InChI is InChI=1S/C24H28ClN3O3/c25-19-5-11-22(12-6-19)31-14-13-26-23(29)16-28(21-9-10-21)15-17-1-3-18(4-2-17)24(30)27-20-7-8-20/h1-6,11-12,20-21H,7-10,13-16H2,(H,26,29)(H,27,30). The molecule has 0 heterocycles. The molecule has 0 radical (unpaired) electrons. The van der Waals surface area contributed by atoms with E-state index in [4.69, 9.17) is 16.3 Å². The van der Waals surface area contributed by atoms with Gasteiger partial charge in [0, 0.05) is 29.2 Å². The van der Waals surface area contributed by atoms with E-state index >= 15 is 0 Å². The molecule has 4 rings (SSSR count). The van der Waals surface area contributed by atoms with Crippen LogP contribution in [0.5, 0.6) is 5.75 Å². The van der Waals surface area contributed by atoms with E-state index in [0.717, 1.165) is 37.0 Å². The Morgan fingerprint density at radius 3 is 2.35 bits per heavy atom. The lowest BCUT2D eigenvalue weighted by Crippen LogP contribution is -2.39. The van der Waals surface area contributed by atoms with Crippen LogP contribution >= 0.6 is 11.6 Å². The van der Waals surface area contributed by atoms with Gasteiger partial charge in [0.25, 0.3) is 5.91 Å². The molecule has 2 aliphatic rings. The third-order valence-corrected chi connectivity index (χ3v) is 5.68. The zero-order chi connectivity index (χ0) is 21.6. The molecular formula is C24H28ClN3O3. The number of halogens is 1. The molecule has 31 heavy (non-hydrogen) atoms. The lowest BCUT2D eigenvalue weighted by atomic mass is 10.1. The summed E-state index contributed by atoms with van der Waals surface area (Å²) in [5.74, 6) is 0.716. The summed E-state index contributed by atoms with van der Waals surface area (Å²) in [6, 6.07) is 15.7. The molecule has 2 fully saturated rings. The minimum atomic E-state index is -0.00737. The van der Waals surface area contributed by atoms with Crippen molar-refractivity contribution in [2.75, 3.05) is 19.7 Å². The number of hydrogen-bond donors (Lipinski definition) is 2. The van der Waals surface area contributed by atoms with Crippen LogP contribution in [0.2, 0.25) is 5.02 Å². The van der Waals surface area contributed by atoms with Gasteiger partial charge in [-0.3, -0.25) is 14.5 Å². The Kier molecular flexibility index (Phi) is 7.10. The van der Waals surface area contributed by atoms with E-state index in [1.807, 2.05) is 24.3 Å². The van der Waals surface area contributed by atoms with Crippen molar-refractivity contribution in [3.63, 3.8) is 0 Å². The molecule has 0 aromatic heterocycles. The smallest absolute Gasteiger partial charge is 0.251 e. The number of carbonyl (C=O) groups excluding carboxylic acids is 2. The zero-order valence-corrected chi connectivity index (χ0v) is 18.2. The minimum absolute atomic E-state index is 0.00621. The first-order valence-corrected chi connectivity index (χ1v) is 11.2. The van der Waals surface area contributed by atoms with Gasteiger partial charge < -0.3 is 15.4 Å². The van der Waals surface area contributed by atoms with Crippen molar-refractivity contribution < 1.29 is 14.3 Å². The Morgan fingerprint density at radius 2 is 1.71 bits per heavy atom. The first-order chi connectivity index (χ1) is 15.1. The number of amides is 2. The highest BCUT2D eigenvalue weighted by Crippen LogP contribution is 2.28. The number of nitrogens with zero attached hydrogens (tertiary/aromatic N) is 1. The van der Waals surface area contributed by atoms with Gasteiger partial charge in [-0.25, -0.2) is 0 Å². The zero-order valence-electron chi connectivity index (χ0n) is 17.5. The van der Waals surface area contributed by atoms with Gasteiger partial charge in [-0.1, -0.05) is 23.7 Å². The van der Waals surface area contributed by atoms with E-state index in [2.05, 4.69) is 15.5 Å². The van der Waals surface area contributed by atoms with Crippen molar-refractivity contribution in [2.24, 2.45) is 0 Å². The van der Waals surface area contributed by atoms with Crippen LogP contribution in [0.15, 0.2) is 48.5 Å². The highest BCUT2D eigenvalue weighted by Gasteiger charge is 2.30. The highest BCUT2D eigenvalue weighted by molar-refractivity contribution is 6.30. The molecular weight excluding hydrogens is 414 g/mol. The van der Waals surface area contributed by atoms with Crippen molar-refractivity contribution in [3.05, 3.63) is 64.7 Å². The number of ether oxygens (including phenoxy) is 1. The second kappa shape index (κ2) is 10.2. The molecule has 7 heteroatoms. The van der Waals surface area contributed by atoms with Crippen LogP contribution in [0, 0.1) is 0 Å². The molecule has 0 atom stereocenters. The van der Waals surface area contributed by atoms with Crippen LogP contribution in [0.4, 0.5) is 0 Å². The fourth-order valence-corrected chi connectivity index (χ4v) is 3.50. The molecule has 0 bridgehead atoms. The lowest BCUT2D eigenvalue weighted by molar-refractivity contribution is -0.122. The van der Waals surface area contributed by atoms with Gasteiger partial charge in [-0.05, 0) is 67.6 Å². The average Bonchev–Trinajstić information content (AvgIpc) is 3.67. The summed E-state index contributed by atoms with van der Waals surface area (Å²) in [5.41, 5.74) is 1.79. The second-order valence-electron chi connectivity index (χ2n) is 8.23. The summed E-state index contributed by atoms with van der Waals surface area (Å²) in [6.07, 6.45) is 4.40. The van der Waals surface area contributed by atoms with Crippen LogP contribution in [0.25, 0.3) is 0 Å². The molecule has 2 amide bonds. The predicted octanol–water partition coefficient (Wildman–Crippen LogP) is 3.39. The van der Waals surface area contributed by atoms with E-state index in [1.54, 1.807) is 24.3 Å². The number of hydrogen-bond acceptors (Lipinski definition) is 4. The number of nitrogens with one attached hydrogen (secondary N) is 2. The Hall–Kier alpha value is -2.57. The van der Waals surface area contributed by atoms with E-state index in [1.165, 1.54) is 0 Å². The van der Waals surface area contributed by atoms with Gasteiger partial charge >= 0.3 is 0 Å². The summed E-state index contributed by atoms with van der Waals surface area (Å²) >= 11 is 5.86. The molecule has 6 nitrogen and oxygen atoms in total. The maximum absolute atomic E-state index is 12.4. The first kappa shape index (κ1) is 21.7. The van der Waals surface area contributed by atoms with E-state index in [9.17, 15) is 9.59 Å². The summed E-state index contributed by atoms with van der Waals surface area (Å²) in [4.78, 5) is 26.7. The fourth-order valence-electron chi connectivity index (χ4n) is 3.38. The number of benzene rings is 2. The van der Waals surface area contributed by atoms with E-state index in [0.29, 0.717) is 48.9 Å². The van der Waals surface area contributed by atoms with Crippen molar-refractivity contribution in [1.82, 2.24) is 15.5 Å². The van der Waals surface area contributed by atoms with Crippen molar-refractivity contribution in [1.29, 1.82) is 0 Å². The maximum Gasteiger partial charge on any atom is 0.251 e. The molecule has 2 N–H and O–H groups in total. The number of carbonyl (C=O) groups is 2. The Bertz CT molecular complexity index is 893. The first-order valence-electron chi connectivity index (χ1n) is 10.9. The molecule has 2 saturated carbocycles. The van der Waals surface area contributed by atoms with Crippen molar-refractivity contribution in [3.8, 4) is 5.75 Å². The second-order valence-corrected chi connectivity index (χ2v) is 8.67. The third-order valence-electron chi connectivity index (χ3n) is 5.43. The van der Waals surface area contributed by atoms with Gasteiger partial charge in [-0.15, -0.1) is 0 Å². The summed E-state index contributed by atoms with van der Waals surface area (Å²) in [7, 11) is 0. The molecule has 0 aliphatic heterocycles. The van der Waals surface area contributed by atoms with Crippen molar-refractivity contribution >= 4 is 23.4 Å². The normalized spacial score (nSPS) is 15.5. The average molecular weight is 442 g/mol. The van der Waals surface area contributed by atoms with Crippen LogP contribution < -0.4 is 15.4 Å². The van der Waals surface area contributed by atoms with Crippen LogP contribution in [0.1, 0.15) is 41.6 Å².